The summed E-state index contributed by atoms with van der Waals surface area (Å²) in [6.07, 6.45) is 0. The lowest BCUT2D eigenvalue weighted by Crippen LogP contribution is -2.30. The van der Waals surface area contributed by atoms with Crippen LogP contribution in [0.1, 0.15) is 10.4 Å². The maximum absolute atomic E-state index is 11.5. The number of ketones is 2. The van der Waals surface area contributed by atoms with E-state index in [9.17, 15) is 14.4 Å². The number of carbonyl (C=O) groups is 3. The fraction of sp³-hybridized carbons (Fsp3) is 0.100. The SMILES string of the molecule is O=C(O)C(=O)C(Cl)C(=O)c1ccccc1. The number of benzene rings is 1. The van der Waals surface area contributed by atoms with Crippen molar-refractivity contribution in [2.45, 2.75) is 5.38 Å². The molecule has 0 heterocycles. The molecule has 5 heteroatoms. The topological polar surface area (TPSA) is 71.4 Å². The van der Waals surface area contributed by atoms with Gasteiger partial charge in [0.2, 0.25) is 0 Å². The van der Waals surface area contributed by atoms with E-state index in [4.69, 9.17) is 16.7 Å². The smallest absolute Gasteiger partial charge is 0.374 e. The van der Waals surface area contributed by atoms with Crippen molar-refractivity contribution in [1.29, 1.82) is 0 Å². The van der Waals surface area contributed by atoms with Crippen LogP contribution in [0.5, 0.6) is 0 Å². The van der Waals surface area contributed by atoms with Crippen LogP contribution in [0.2, 0.25) is 0 Å². The van der Waals surface area contributed by atoms with Crippen LogP contribution in [-0.2, 0) is 9.59 Å². The number of carboxylic acid groups (broad SMARTS) is 1. The van der Waals surface area contributed by atoms with Gasteiger partial charge in [0.25, 0.3) is 5.78 Å². The second-order valence-corrected chi connectivity index (χ2v) is 3.20. The predicted molar refractivity (Wildman–Crippen MR) is 53.1 cm³/mol. The number of halogens is 1. The van der Waals surface area contributed by atoms with Crippen molar-refractivity contribution in [3.8, 4) is 0 Å². The molecule has 0 saturated carbocycles. The molecular formula is C10H7ClO4. The van der Waals surface area contributed by atoms with Gasteiger partial charge >= 0.3 is 5.97 Å². The molecule has 0 aromatic heterocycles. The van der Waals surface area contributed by atoms with Crippen molar-refractivity contribution < 1.29 is 19.5 Å². The molecular weight excluding hydrogens is 220 g/mol. The molecule has 1 aromatic rings. The van der Waals surface area contributed by atoms with E-state index < -0.39 is 22.9 Å². The van der Waals surface area contributed by atoms with Gasteiger partial charge in [-0.1, -0.05) is 30.3 Å². The standard InChI is InChI=1S/C10H7ClO4/c11-7(9(13)10(14)15)8(12)6-4-2-1-3-5-6/h1-5,7H,(H,14,15). The Bertz CT molecular complexity index is 399. The lowest BCUT2D eigenvalue weighted by molar-refractivity contribution is -0.148. The quantitative estimate of drug-likeness (QED) is 0.362. The van der Waals surface area contributed by atoms with Crippen molar-refractivity contribution in [2.75, 3.05) is 0 Å². The Morgan fingerprint density at radius 2 is 1.67 bits per heavy atom. The van der Waals surface area contributed by atoms with E-state index in [2.05, 4.69) is 0 Å². The predicted octanol–water partition coefficient (Wildman–Crippen LogP) is 1.13. The fourth-order valence-electron chi connectivity index (χ4n) is 0.976. The molecule has 1 atom stereocenters. The Morgan fingerprint density at radius 3 is 2.13 bits per heavy atom. The van der Waals surface area contributed by atoms with Gasteiger partial charge in [-0.05, 0) is 0 Å². The first-order valence-corrected chi connectivity index (χ1v) is 4.48. The van der Waals surface area contributed by atoms with Crippen LogP contribution in [0.4, 0.5) is 0 Å². The van der Waals surface area contributed by atoms with Gasteiger partial charge in [0.15, 0.2) is 11.2 Å². The third-order valence-corrected chi connectivity index (χ3v) is 2.13. The minimum Gasteiger partial charge on any atom is -0.475 e. The number of rotatable bonds is 4. The van der Waals surface area contributed by atoms with Crippen LogP contribution >= 0.6 is 11.6 Å². The second-order valence-electron chi connectivity index (χ2n) is 2.76. The van der Waals surface area contributed by atoms with Gasteiger partial charge in [-0.15, -0.1) is 11.6 Å². The number of aliphatic carboxylic acids is 1. The molecule has 0 saturated heterocycles. The van der Waals surface area contributed by atoms with E-state index in [1.54, 1.807) is 18.2 Å². The van der Waals surface area contributed by atoms with Crippen molar-refractivity contribution in [2.24, 2.45) is 0 Å². The summed E-state index contributed by atoms with van der Waals surface area (Å²) in [6.45, 7) is 0. The van der Waals surface area contributed by atoms with Gasteiger partial charge in [0.05, 0.1) is 0 Å². The Labute approximate surface area is 90.5 Å². The summed E-state index contributed by atoms with van der Waals surface area (Å²) in [7, 11) is 0. The van der Waals surface area contributed by atoms with Crippen LogP contribution in [0, 0.1) is 0 Å². The maximum Gasteiger partial charge on any atom is 0.374 e. The van der Waals surface area contributed by atoms with Gasteiger partial charge in [-0.25, -0.2) is 4.79 Å². The van der Waals surface area contributed by atoms with E-state index in [-0.39, 0.29) is 5.56 Å². The molecule has 1 unspecified atom stereocenters. The molecule has 78 valence electrons. The zero-order valence-corrected chi connectivity index (χ0v) is 8.27. The third kappa shape index (κ3) is 2.63. The monoisotopic (exact) mass is 226 g/mol. The third-order valence-electron chi connectivity index (χ3n) is 1.73. The number of carbonyl (C=O) groups excluding carboxylic acids is 2. The summed E-state index contributed by atoms with van der Waals surface area (Å²) in [5, 5.41) is 6.70. The Morgan fingerprint density at radius 1 is 1.13 bits per heavy atom. The number of hydrogen-bond acceptors (Lipinski definition) is 3. The Balaban J connectivity index is 2.87. The van der Waals surface area contributed by atoms with E-state index in [1.807, 2.05) is 0 Å². The van der Waals surface area contributed by atoms with E-state index in [1.165, 1.54) is 12.1 Å². The summed E-state index contributed by atoms with van der Waals surface area (Å²) in [4.78, 5) is 32.7. The highest BCUT2D eigenvalue weighted by molar-refractivity contribution is 6.55. The van der Waals surface area contributed by atoms with Crippen molar-refractivity contribution >= 4 is 29.1 Å². The van der Waals surface area contributed by atoms with Crippen LogP contribution in [-0.4, -0.2) is 28.0 Å². The van der Waals surface area contributed by atoms with Crippen LogP contribution in [0.25, 0.3) is 0 Å². The van der Waals surface area contributed by atoms with Crippen molar-refractivity contribution in [3.63, 3.8) is 0 Å². The second kappa shape index (κ2) is 4.70. The summed E-state index contributed by atoms with van der Waals surface area (Å²) in [5.41, 5.74) is 0.215. The minimum absolute atomic E-state index is 0.215. The van der Waals surface area contributed by atoms with E-state index in [0.29, 0.717) is 0 Å². The first kappa shape index (κ1) is 11.4. The summed E-state index contributed by atoms with van der Waals surface area (Å²) < 4.78 is 0. The average molecular weight is 227 g/mol. The molecule has 0 spiro atoms. The zero-order valence-electron chi connectivity index (χ0n) is 7.51. The van der Waals surface area contributed by atoms with Gasteiger partial charge in [-0.3, -0.25) is 9.59 Å². The van der Waals surface area contributed by atoms with Crippen LogP contribution < -0.4 is 0 Å². The van der Waals surface area contributed by atoms with Crippen LogP contribution in [0.15, 0.2) is 30.3 Å². The number of Topliss-reactive ketones (excluding diaryl/α,β-unsaturated/α-hetero) is 2. The normalized spacial score (nSPS) is 11.8. The molecule has 0 aliphatic heterocycles. The molecule has 0 amide bonds. The summed E-state index contributed by atoms with van der Waals surface area (Å²) in [5.74, 6) is -3.73. The summed E-state index contributed by atoms with van der Waals surface area (Å²) in [6, 6.07) is 7.82. The highest BCUT2D eigenvalue weighted by atomic mass is 35.5. The van der Waals surface area contributed by atoms with Gasteiger partial charge in [0.1, 0.15) is 0 Å². The van der Waals surface area contributed by atoms with E-state index >= 15 is 0 Å². The Kier molecular flexibility index (Phi) is 3.57. The molecule has 0 aliphatic carbocycles. The number of hydrogen-bond donors (Lipinski definition) is 1. The fourth-order valence-corrected chi connectivity index (χ4v) is 1.20. The molecule has 0 bridgehead atoms. The molecule has 15 heavy (non-hydrogen) atoms. The van der Waals surface area contributed by atoms with Crippen LogP contribution in [0.3, 0.4) is 0 Å². The minimum atomic E-state index is -1.71. The largest absolute Gasteiger partial charge is 0.475 e. The first-order valence-electron chi connectivity index (χ1n) is 4.04. The molecule has 0 radical (unpaired) electrons. The van der Waals surface area contributed by atoms with Gasteiger partial charge in [0, 0.05) is 5.56 Å². The lowest BCUT2D eigenvalue weighted by Gasteiger charge is -2.03. The maximum atomic E-state index is 11.5. The Hall–Kier alpha value is -1.68. The van der Waals surface area contributed by atoms with E-state index in [0.717, 1.165) is 0 Å². The van der Waals surface area contributed by atoms with Crippen molar-refractivity contribution in [1.82, 2.24) is 0 Å². The summed E-state index contributed by atoms with van der Waals surface area (Å²) >= 11 is 5.43. The lowest BCUT2D eigenvalue weighted by atomic mass is 10.1. The number of carboxylic acids is 1. The zero-order chi connectivity index (χ0) is 11.4. The molecule has 0 aliphatic rings. The highest BCUT2D eigenvalue weighted by Crippen LogP contribution is 2.09. The molecule has 1 N–H and O–H groups in total. The molecule has 0 fully saturated rings. The van der Waals surface area contributed by atoms with Crippen molar-refractivity contribution in [3.05, 3.63) is 35.9 Å². The number of alkyl halides is 1. The first-order chi connectivity index (χ1) is 7.04. The highest BCUT2D eigenvalue weighted by Gasteiger charge is 2.29. The van der Waals surface area contributed by atoms with Gasteiger partial charge in [-0.2, -0.15) is 0 Å². The molecule has 1 rings (SSSR count). The molecule has 4 nitrogen and oxygen atoms in total. The molecule has 1 aromatic carbocycles. The van der Waals surface area contributed by atoms with Gasteiger partial charge < -0.3 is 5.11 Å². The average Bonchev–Trinajstić information content (AvgIpc) is 2.27.